The third-order valence-electron chi connectivity index (χ3n) is 2.70. The van der Waals surface area contributed by atoms with Gasteiger partial charge in [-0.2, -0.15) is 5.10 Å². The Kier molecular flexibility index (Phi) is 2.54. The van der Waals surface area contributed by atoms with Gasteiger partial charge in [-0.3, -0.25) is 0 Å². The van der Waals surface area contributed by atoms with Crippen LogP contribution in [0.3, 0.4) is 0 Å². The van der Waals surface area contributed by atoms with Crippen molar-refractivity contribution < 1.29 is 0 Å². The Bertz CT molecular complexity index is 745. The van der Waals surface area contributed by atoms with Crippen LogP contribution in [0.5, 0.6) is 0 Å². The molecule has 2 aromatic heterocycles. The van der Waals surface area contributed by atoms with E-state index in [-0.39, 0.29) is 0 Å². The first-order chi connectivity index (χ1) is 8.88. The van der Waals surface area contributed by atoms with Gasteiger partial charge in [0.1, 0.15) is 0 Å². The Hall–Kier alpha value is -2.60. The zero-order valence-electron chi connectivity index (χ0n) is 9.96. The molecule has 18 heavy (non-hydrogen) atoms. The lowest BCUT2D eigenvalue weighted by atomic mass is 10.1. The second-order valence-electron chi connectivity index (χ2n) is 3.88. The van der Waals surface area contributed by atoms with Crippen LogP contribution in [-0.2, 0) is 0 Å². The van der Waals surface area contributed by atoms with Gasteiger partial charge >= 0.3 is 0 Å². The van der Waals surface area contributed by atoms with Crippen molar-refractivity contribution >= 4 is 5.65 Å². The Morgan fingerprint density at radius 1 is 1.11 bits per heavy atom. The first-order valence-electron chi connectivity index (χ1n) is 5.71. The predicted octanol–water partition coefficient (Wildman–Crippen LogP) is 2.77. The molecular weight excluding hydrogens is 222 g/mol. The molecular formula is C15H11N3. The van der Waals surface area contributed by atoms with Crippen LogP contribution in [0.1, 0.15) is 12.5 Å². The molecule has 3 nitrogen and oxygen atoms in total. The van der Waals surface area contributed by atoms with E-state index in [1.54, 1.807) is 10.7 Å². The van der Waals surface area contributed by atoms with Gasteiger partial charge in [-0.25, -0.2) is 9.50 Å². The molecule has 2 heterocycles. The molecule has 1 aromatic carbocycles. The lowest BCUT2D eigenvalue weighted by Gasteiger charge is -2.01. The maximum absolute atomic E-state index is 4.62. The zero-order valence-corrected chi connectivity index (χ0v) is 9.96. The highest BCUT2D eigenvalue weighted by molar-refractivity contribution is 5.64. The fourth-order valence-electron chi connectivity index (χ4n) is 1.86. The second-order valence-corrected chi connectivity index (χ2v) is 3.88. The van der Waals surface area contributed by atoms with Gasteiger partial charge in [0.25, 0.3) is 0 Å². The van der Waals surface area contributed by atoms with Crippen molar-refractivity contribution in [1.82, 2.24) is 14.6 Å². The van der Waals surface area contributed by atoms with Crippen LogP contribution < -0.4 is 0 Å². The first kappa shape index (κ1) is 10.5. The van der Waals surface area contributed by atoms with Gasteiger partial charge in [-0.05, 0) is 13.0 Å². The molecule has 86 valence electrons. The summed E-state index contributed by atoms with van der Waals surface area (Å²) in [7, 11) is 0. The molecule has 0 unspecified atom stereocenters. The molecule has 0 spiro atoms. The number of benzene rings is 1. The van der Waals surface area contributed by atoms with Gasteiger partial charge < -0.3 is 0 Å². The van der Waals surface area contributed by atoms with Gasteiger partial charge in [0, 0.05) is 11.8 Å². The molecule has 3 aromatic rings. The third-order valence-corrected chi connectivity index (χ3v) is 2.70. The smallest absolute Gasteiger partial charge is 0.171 e. The minimum atomic E-state index is 0.797. The summed E-state index contributed by atoms with van der Waals surface area (Å²) in [4.78, 5) is 4.62. The topological polar surface area (TPSA) is 30.2 Å². The van der Waals surface area contributed by atoms with Gasteiger partial charge in [-0.1, -0.05) is 36.3 Å². The third kappa shape index (κ3) is 1.74. The normalized spacial score (nSPS) is 10.1. The van der Waals surface area contributed by atoms with Crippen LogP contribution in [0.25, 0.3) is 16.9 Å². The average Bonchev–Trinajstić information content (AvgIpc) is 2.83. The van der Waals surface area contributed by atoms with E-state index < -0.39 is 0 Å². The van der Waals surface area contributed by atoms with Crippen LogP contribution in [-0.4, -0.2) is 14.6 Å². The standard InChI is InChI=1S/C15H11N3/c1-2-6-13-11-16-18-10-9-14(17-15(13)18)12-7-4-3-5-8-12/h3-5,7-11H,1H3. The summed E-state index contributed by atoms with van der Waals surface area (Å²) < 4.78 is 1.74. The summed E-state index contributed by atoms with van der Waals surface area (Å²) in [6.45, 7) is 1.81. The highest BCUT2D eigenvalue weighted by Gasteiger charge is 2.05. The largest absolute Gasteiger partial charge is 0.227 e. The van der Waals surface area contributed by atoms with Gasteiger partial charge in [0.15, 0.2) is 5.65 Å². The quantitative estimate of drug-likeness (QED) is 0.605. The van der Waals surface area contributed by atoms with E-state index >= 15 is 0 Å². The molecule has 0 aliphatic rings. The summed E-state index contributed by atoms with van der Waals surface area (Å²) in [6.07, 6.45) is 3.65. The molecule has 0 amide bonds. The molecule has 3 heteroatoms. The SMILES string of the molecule is CC#Cc1cnn2ccc(-c3ccccc3)nc12. The highest BCUT2D eigenvalue weighted by Crippen LogP contribution is 2.18. The minimum Gasteiger partial charge on any atom is -0.227 e. The van der Waals surface area contributed by atoms with Crippen molar-refractivity contribution in [2.75, 3.05) is 0 Å². The second kappa shape index (κ2) is 4.34. The fraction of sp³-hybridized carbons (Fsp3) is 0.0667. The summed E-state index contributed by atoms with van der Waals surface area (Å²) >= 11 is 0. The monoisotopic (exact) mass is 233 g/mol. The van der Waals surface area contributed by atoms with Gasteiger partial charge in [0.2, 0.25) is 0 Å². The fourth-order valence-corrected chi connectivity index (χ4v) is 1.86. The molecule has 0 saturated carbocycles. The molecule has 3 rings (SSSR count). The van der Waals surface area contributed by atoms with Crippen molar-refractivity contribution in [3.8, 4) is 23.1 Å². The molecule has 0 bridgehead atoms. The summed E-state index contributed by atoms with van der Waals surface area (Å²) in [5.74, 6) is 5.89. The molecule has 0 N–H and O–H groups in total. The van der Waals surface area contributed by atoms with E-state index in [0.717, 1.165) is 22.5 Å². The number of hydrogen-bond donors (Lipinski definition) is 0. The molecule has 0 saturated heterocycles. The Morgan fingerprint density at radius 2 is 1.94 bits per heavy atom. The number of fused-ring (bicyclic) bond motifs is 1. The van der Waals surface area contributed by atoms with Crippen molar-refractivity contribution in [2.24, 2.45) is 0 Å². The Balaban J connectivity index is 2.20. The summed E-state index contributed by atoms with van der Waals surface area (Å²) in [6, 6.07) is 12.0. The molecule has 0 fully saturated rings. The van der Waals surface area contributed by atoms with Crippen molar-refractivity contribution in [1.29, 1.82) is 0 Å². The van der Waals surface area contributed by atoms with Crippen LogP contribution >= 0.6 is 0 Å². The van der Waals surface area contributed by atoms with E-state index in [0.29, 0.717) is 0 Å². The maximum Gasteiger partial charge on any atom is 0.171 e. The van der Waals surface area contributed by atoms with Crippen LogP contribution in [0.4, 0.5) is 0 Å². The highest BCUT2D eigenvalue weighted by atomic mass is 15.2. The van der Waals surface area contributed by atoms with Gasteiger partial charge in [-0.15, -0.1) is 5.92 Å². The predicted molar refractivity (Wildman–Crippen MR) is 71.0 cm³/mol. The number of rotatable bonds is 1. The van der Waals surface area contributed by atoms with Crippen LogP contribution in [0.2, 0.25) is 0 Å². The number of aromatic nitrogens is 3. The molecule has 0 aliphatic heterocycles. The van der Waals surface area contributed by atoms with Crippen LogP contribution in [0.15, 0.2) is 48.8 Å². The number of nitrogens with zero attached hydrogens (tertiary/aromatic N) is 3. The van der Waals surface area contributed by atoms with E-state index in [9.17, 15) is 0 Å². The van der Waals surface area contributed by atoms with Crippen molar-refractivity contribution in [3.63, 3.8) is 0 Å². The summed E-state index contributed by atoms with van der Waals surface area (Å²) in [5.41, 5.74) is 3.68. The van der Waals surface area contributed by atoms with E-state index in [1.807, 2.05) is 49.5 Å². The van der Waals surface area contributed by atoms with E-state index in [2.05, 4.69) is 21.9 Å². The number of hydrogen-bond acceptors (Lipinski definition) is 2. The molecule has 0 atom stereocenters. The van der Waals surface area contributed by atoms with Crippen molar-refractivity contribution in [2.45, 2.75) is 6.92 Å². The Morgan fingerprint density at radius 3 is 2.72 bits per heavy atom. The van der Waals surface area contributed by atoms with E-state index in [4.69, 9.17) is 0 Å². The zero-order chi connectivity index (χ0) is 12.4. The average molecular weight is 233 g/mol. The van der Waals surface area contributed by atoms with Crippen LogP contribution in [0, 0.1) is 11.8 Å². The molecule has 0 aliphatic carbocycles. The Labute approximate surface area is 105 Å². The molecule has 0 radical (unpaired) electrons. The lowest BCUT2D eigenvalue weighted by Crippen LogP contribution is -1.92. The van der Waals surface area contributed by atoms with E-state index in [1.165, 1.54) is 0 Å². The first-order valence-corrected chi connectivity index (χ1v) is 5.71. The van der Waals surface area contributed by atoms with Crippen molar-refractivity contribution in [3.05, 3.63) is 54.4 Å². The maximum atomic E-state index is 4.62. The minimum absolute atomic E-state index is 0.797. The lowest BCUT2D eigenvalue weighted by molar-refractivity contribution is 0.941. The summed E-state index contributed by atoms with van der Waals surface area (Å²) in [5, 5.41) is 4.22. The van der Waals surface area contributed by atoms with Gasteiger partial charge in [0.05, 0.1) is 17.5 Å².